The summed E-state index contributed by atoms with van der Waals surface area (Å²) in [7, 11) is 0.771. The van der Waals surface area contributed by atoms with Crippen molar-refractivity contribution in [2.75, 3.05) is 13.8 Å². The fourth-order valence-corrected chi connectivity index (χ4v) is 3.61. The van der Waals surface area contributed by atoms with Gasteiger partial charge in [-0.25, -0.2) is 18.4 Å². The quantitative estimate of drug-likeness (QED) is 0.446. The van der Waals surface area contributed by atoms with Crippen LogP contribution in [-0.2, 0) is 31.4 Å². The molecule has 1 aliphatic heterocycles. The van der Waals surface area contributed by atoms with Crippen LogP contribution in [0.25, 0.3) is 0 Å². The topological polar surface area (TPSA) is 64.6 Å². The molecule has 0 saturated carbocycles. The van der Waals surface area contributed by atoms with Gasteiger partial charge in [-0.15, -0.1) is 0 Å². The maximum absolute atomic E-state index is 15.0. The molecule has 0 fully saturated rings. The molecule has 2 rings (SSSR count). The summed E-state index contributed by atoms with van der Waals surface area (Å²) in [5.74, 6) is -7.08. The van der Waals surface area contributed by atoms with Crippen molar-refractivity contribution in [3.8, 4) is 0 Å². The molecule has 13 heteroatoms. The number of allylic oxidation sites excluding steroid dienone is 2. The molecule has 1 atom stereocenters. The Balaban J connectivity index is 3.10. The Bertz CT molecular complexity index is 1050. The van der Waals surface area contributed by atoms with E-state index in [9.17, 15) is 40.3 Å². The predicted molar refractivity (Wildman–Crippen MR) is 101 cm³/mol. The number of esters is 2. The van der Waals surface area contributed by atoms with Gasteiger partial charge in [-0.05, 0) is 32.9 Å². The zero-order chi connectivity index (χ0) is 26.2. The third kappa shape index (κ3) is 5.17. The van der Waals surface area contributed by atoms with Crippen LogP contribution < -0.4 is 5.32 Å². The molecular formula is C21H19F8NO4. The van der Waals surface area contributed by atoms with E-state index in [0.29, 0.717) is 0 Å². The Labute approximate surface area is 188 Å². The third-order valence-corrected chi connectivity index (χ3v) is 4.82. The first kappa shape index (κ1) is 27.1. The monoisotopic (exact) mass is 501 g/mol. The first-order valence-corrected chi connectivity index (χ1v) is 9.59. The van der Waals surface area contributed by atoms with Crippen molar-refractivity contribution < 1.29 is 54.2 Å². The van der Waals surface area contributed by atoms with E-state index in [1.54, 1.807) is 0 Å². The highest BCUT2D eigenvalue weighted by Crippen LogP contribution is 2.49. The summed E-state index contributed by atoms with van der Waals surface area (Å²) < 4.78 is 121. The van der Waals surface area contributed by atoms with Gasteiger partial charge < -0.3 is 14.8 Å². The van der Waals surface area contributed by atoms with Gasteiger partial charge in [0, 0.05) is 11.3 Å². The molecule has 1 unspecified atom stereocenters. The van der Waals surface area contributed by atoms with Crippen LogP contribution in [0.4, 0.5) is 35.1 Å². The molecule has 1 N–H and O–H groups in total. The van der Waals surface area contributed by atoms with Gasteiger partial charge in [-0.1, -0.05) is 0 Å². The highest BCUT2D eigenvalue weighted by atomic mass is 19.4. The Hall–Kier alpha value is -3.12. The normalized spacial score (nSPS) is 17.1. The smallest absolute Gasteiger partial charge is 0.417 e. The molecule has 1 heterocycles. The number of halogens is 8. The summed E-state index contributed by atoms with van der Waals surface area (Å²) in [6.07, 6.45) is -12.2. The fraction of sp³-hybridized carbons (Fsp3) is 0.429. The maximum Gasteiger partial charge on any atom is 0.417 e. The highest BCUT2D eigenvalue weighted by molar-refractivity contribution is 6.00. The Morgan fingerprint density at radius 2 is 1.62 bits per heavy atom. The molecule has 34 heavy (non-hydrogen) atoms. The average molecular weight is 501 g/mol. The lowest BCUT2D eigenvalue weighted by Crippen LogP contribution is -2.36. The van der Waals surface area contributed by atoms with E-state index in [-0.39, 0.29) is 17.8 Å². The first-order chi connectivity index (χ1) is 15.6. The SMILES string of the molecule is COC(=O)C1=C(CF)NC(C)=C(C(=O)OC(C)C)C1c1c(F)ccc(C(F)(F)F)c1C(F)(F)F. The molecule has 1 aromatic carbocycles. The summed E-state index contributed by atoms with van der Waals surface area (Å²) >= 11 is 0. The minimum atomic E-state index is -5.79. The first-order valence-electron chi connectivity index (χ1n) is 9.59. The predicted octanol–water partition coefficient (Wildman–Crippen LogP) is 5.17. The lowest BCUT2D eigenvalue weighted by atomic mass is 9.77. The number of benzene rings is 1. The van der Waals surface area contributed by atoms with E-state index in [1.807, 2.05) is 0 Å². The van der Waals surface area contributed by atoms with Crippen LogP contribution in [0.5, 0.6) is 0 Å². The van der Waals surface area contributed by atoms with Crippen LogP contribution >= 0.6 is 0 Å². The molecule has 0 aliphatic carbocycles. The van der Waals surface area contributed by atoms with E-state index >= 15 is 4.39 Å². The number of carbonyl (C=O) groups excluding carboxylic acids is 2. The van der Waals surface area contributed by atoms with Gasteiger partial charge in [0.15, 0.2) is 0 Å². The Morgan fingerprint density at radius 1 is 1.03 bits per heavy atom. The van der Waals surface area contributed by atoms with Gasteiger partial charge in [-0.2, -0.15) is 26.3 Å². The second-order valence-electron chi connectivity index (χ2n) is 7.45. The molecular weight excluding hydrogens is 482 g/mol. The van der Waals surface area contributed by atoms with Crippen LogP contribution in [-0.4, -0.2) is 31.8 Å². The largest absolute Gasteiger partial charge is 0.466 e. The number of nitrogens with one attached hydrogen (secondary N) is 1. The van der Waals surface area contributed by atoms with E-state index in [1.165, 1.54) is 13.8 Å². The van der Waals surface area contributed by atoms with E-state index < -0.39 is 82.3 Å². The van der Waals surface area contributed by atoms with Crippen LogP contribution in [0.15, 0.2) is 34.7 Å². The molecule has 0 bridgehead atoms. The van der Waals surface area contributed by atoms with Crippen LogP contribution in [0.2, 0.25) is 0 Å². The molecule has 0 radical (unpaired) electrons. The minimum absolute atomic E-state index is 0.108. The summed E-state index contributed by atoms with van der Waals surface area (Å²) in [5, 5.41) is 2.31. The molecule has 5 nitrogen and oxygen atoms in total. The second-order valence-corrected chi connectivity index (χ2v) is 7.45. The average Bonchev–Trinajstić information content (AvgIpc) is 2.69. The number of methoxy groups -OCH3 is 1. The lowest BCUT2D eigenvalue weighted by molar-refractivity contribution is -0.162. The van der Waals surface area contributed by atoms with Crippen molar-refractivity contribution in [1.29, 1.82) is 0 Å². The Morgan fingerprint density at radius 3 is 2.06 bits per heavy atom. The molecule has 0 saturated heterocycles. The van der Waals surface area contributed by atoms with Crippen molar-refractivity contribution in [3.05, 3.63) is 57.2 Å². The molecule has 1 aromatic rings. The highest BCUT2D eigenvalue weighted by Gasteiger charge is 2.50. The van der Waals surface area contributed by atoms with Crippen molar-refractivity contribution in [3.63, 3.8) is 0 Å². The standard InChI is InChI=1S/C21H19F8NO4/c1-8(2)34-19(32)13-9(3)30-12(7-22)15(18(31)33-4)16(13)14-11(23)6-5-10(20(24,25)26)17(14)21(27,28)29/h5-6,8,16,30H,7H2,1-4H3. The number of rotatable bonds is 5. The van der Waals surface area contributed by atoms with E-state index in [2.05, 4.69) is 10.1 Å². The molecule has 1 aliphatic rings. The minimum Gasteiger partial charge on any atom is -0.466 e. The maximum atomic E-state index is 15.0. The number of ether oxygens (including phenoxy) is 2. The van der Waals surface area contributed by atoms with E-state index in [0.717, 1.165) is 14.0 Å². The molecule has 0 spiro atoms. The summed E-state index contributed by atoms with van der Waals surface area (Å²) in [4.78, 5) is 25.3. The zero-order valence-electron chi connectivity index (χ0n) is 18.2. The van der Waals surface area contributed by atoms with Crippen molar-refractivity contribution in [2.24, 2.45) is 0 Å². The van der Waals surface area contributed by atoms with Crippen LogP contribution in [0.3, 0.4) is 0 Å². The van der Waals surface area contributed by atoms with Crippen molar-refractivity contribution >= 4 is 11.9 Å². The van der Waals surface area contributed by atoms with Crippen molar-refractivity contribution in [1.82, 2.24) is 5.32 Å². The second kappa shape index (κ2) is 9.63. The van der Waals surface area contributed by atoms with Gasteiger partial charge in [0.2, 0.25) is 0 Å². The number of hydrogen-bond donors (Lipinski definition) is 1. The molecule has 188 valence electrons. The third-order valence-electron chi connectivity index (χ3n) is 4.82. The number of alkyl halides is 7. The van der Waals surface area contributed by atoms with Gasteiger partial charge >= 0.3 is 24.3 Å². The van der Waals surface area contributed by atoms with Crippen LogP contribution in [0.1, 0.15) is 43.4 Å². The summed E-state index contributed by atoms with van der Waals surface area (Å²) in [5.41, 5.74) is -9.28. The lowest BCUT2D eigenvalue weighted by Gasteiger charge is -2.33. The number of carbonyl (C=O) groups is 2. The zero-order valence-corrected chi connectivity index (χ0v) is 18.2. The van der Waals surface area contributed by atoms with Gasteiger partial charge in [-0.3, -0.25) is 0 Å². The molecule has 0 aromatic heterocycles. The van der Waals surface area contributed by atoms with Crippen molar-refractivity contribution in [2.45, 2.75) is 45.1 Å². The number of hydrogen-bond acceptors (Lipinski definition) is 5. The van der Waals surface area contributed by atoms with Gasteiger partial charge in [0.1, 0.15) is 12.5 Å². The molecule has 0 amide bonds. The summed E-state index contributed by atoms with van der Waals surface area (Å²) in [6, 6.07) is 0.0171. The fourth-order valence-electron chi connectivity index (χ4n) is 3.61. The van der Waals surface area contributed by atoms with Gasteiger partial charge in [0.25, 0.3) is 0 Å². The van der Waals surface area contributed by atoms with Crippen LogP contribution in [0, 0.1) is 5.82 Å². The summed E-state index contributed by atoms with van der Waals surface area (Å²) in [6.45, 7) is 2.31. The number of dihydropyridines is 1. The van der Waals surface area contributed by atoms with Gasteiger partial charge in [0.05, 0.1) is 47.1 Å². The Kier molecular flexibility index (Phi) is 7.68. The van der Waals surface area contributed by atoms with E-state index in [4.69, 9.17) is 4.74 Å².